The Morgan fingerprint density at radius 1 is 1.07 bits per heavy atom. The molecule has 4 aliphatic rings. The van der Waals surface area contributed by atoms with Crippen LogP contribution >= 0.6 is 0 Å². The van der Waals surface area contributed by atoms with E-state index in [2.05, 4.69) is 17.6 Å². The quantitative estimate of drug-likeness (QED) is 0.522. The molecule has 4 aliphatic carbocycles. The largest absolute Gasteiger partial charge is 0.452 e. The van der Waals surface area contributed by atoms with Crippen LogP contribution in [0.1, 0.15) is 68.6 Å². The van der Waals surface area contributed by atoms with Gasteiger partial charge in [0.05, 0.1) is 5.56 Å². The van der Waals surface area contributed by atoms with Gasteiger partial charge in [0.1, 0.15) is 0 Å². The maximum atomic E-state index is 12.6. The molecule has 5 rings (SSSR count). The van der Waals surface area contributed by atoms with Crippen molar-refractivity contribution in [3.63, 3.8) is 0 Å². The van der Waals surface area contributed by atoms with Crippen LogP contribution in [-0.4, -0.2) is 30.6 Å². The molecule has 1 amide bonds. The molecule has 5 heteroatoms. The molecule has 0 aliphatic heterocycles. The number of benzene rings is 1. The Hall–Kier alpha value is -2.04. The molecule has 0 atom stereocenters. The van der Waals surface area contributed by atoms with Crippen LogP contribution in [0.15, 0.2) is 24.3 Å². The van der Waals surface area contributed by atoms with Crippen LogP contribution in [0.5, 0.6) is 0 Å². The van der Waals surface area contributed by atoms with Crippen LogP contribution in [0.2, 0.25) is 0 Å². The van der Waals surface area contributed by atoms with Gasteiger partial charge in [-0.1, -0.05) is 25.5 Å². The predicted octanol–water partition coefficient (Wildman–Crippen LogP) is 4.14. The normalized spacial score (nSPS) is 30.1. The van der Waals surface area contributed by atoms with Gasteiger partial charge in [0, 0.05) is 17.8 Å². The lowest BCUT2D eigenvalue weighted by molar-refractivity contribution is -0.130. The first-order valence-electron chi connectivity index (χ1n) is 10.9. The number of anilines is 1. The smallest absolute Gasteiger partial charge is 0.340 e. The number of para-hydroxylation sites is 1. The van der Waals surface area contributed by atoms with Crippen molar-refractivity contribution in [2.75, 3.05) is 18.5 Å². The summed E-state index contributed by atoms with van der Waals surface area (Å²) < 4.78 is 5.36. The third kappa shape index (κ3) is 4.18. The van der Waals surface area contributed by atoms with Crippen molar-refractivity contribution in [3.05, 3.63) is 29.8 Å². The Morgan fingerprint density at radius 3 is 2.36 bits per heavy atom. The van der Waals surface area contributed by atoms with E-state index in [1.165, 1.54) is 19.3 Å². The molecule has 0 unspecified atom stereocenters. The van der Waals surface area contributed by atoms with Gasteiger partial charge < -0.3 is 15.4 Å². The van der Waals surface area contributed by atoms with Crippen molar-refractivity contribution >= 4 is 17.6 Å². The Kier molecular flexibility index (Phi) is 5.61. The lowest BCUT2D eigenvalue weighted by Gasteiger charge is -2.56. The van der Waals surface area contributed by atoms with Gasteiger partial charge in [-0.25, -0.2) is 4.79 Å². The molecule has 0 radical (unpaired) electrons. The summed E-state index contributed by atoms with van der Waals surface area (Å²) in [5.74, 6) is 1.72. The summed E-state index contributed by atoms with van der Waals surface area (Å²) in [5, 5.41) is 6.54. The number of nitrogens with one attached hydrogen (secondary N) is 2. The molecule has 152 valence electrons. The molecule has 0 spiro atoms. The highest BCUT2D eigenvalue weighted by molar-refractivity contribution is 5.96. The molecule has 28 heavy (non-hydrogen) atoms. The van der Waals surface area contributed by atoms with Crippen molar-refractivity contribution in [1.29, 1.82) is 0 Å². The molecule has 1 aromatic rings. The van der Waals surface area contributed by atoms with Gasteiger partial charge >= 0.3 is 5.97 Å². The van der Waals surface area contributed by atoms with Crippen molar-refractivity contribution in [2.24, 2.45) is 17.8 Å². The van der Waals surface area contributed by atoms with Crippen molar-refractivity contribution in [3.8, 4) is 0 Å². The molecule has 4 bridgehead atoms. The number of hydrogen-bond donors (Lipinski definition) is 2. The average molecular weight is 385 g/mol. The number of rotatable bonds is 8. The highest BCUT2D eigenvalue weighted by Crippen LogP contribution is 2.55. The number of carbonyl (C=O) groups excluding carboxylic acids is 2. The molecule has 0 aromatic heterocycles. The molecule has 5 nitrogen and oxygen atoms in total. The Balaban J connectivity index is 1.31. The average Bonchev–Trinajstić information content (AvgIpc) is 2.65. The van der Waals surface area contributed by atoms with Crippen LogP contribution < -0.4 is 10.6 Å². The van der Waals surface area contributed by atoms with Gasteiger partial charge in [-0.2, -0.15) is 0 Å². The van der Waals surface area contributed by atoms with Gasteiger partial charge in [0.15, 0.2) is 6.61 Å². The number of esters is 1. The van der Waals surface area contributed by atoms with Crippen LogP contribution in [0.25, 0.3) is 0 Å². The first-order chi connectivity index (χ1) is 13.6. The van der Waals surface area contributed by atoms with E-state index in [0.29, 0.717) is 5.56 Å². The zero-order valence-electron chi connectivity index (χ0n) is 16.8. The summed E-state index contributed by atoms with van der Waals surface area (Å²) in [4.78, 5) is 25.1. The molecular weight excluding hydrogens is 352 g/mol. The van der Waals surface area contributed by atoms with E-state index in [0.717, 1.165) is 62.1 Å². The first kappa shape index (κ1) is 19.3. The van der Waals surface area contributed by atoms with E-state index >= 15 is 0 Å². The highest BCUT2D eigenvalue weighted by atomic mass is 16.5. The van der Waals surface area contributed by atoms with Crippen molar-refractivity contribution in [1.82, 2.24) is 5.32 Å². The Morgan fingerprint density at radius 2 is 1.71 bits per heavy atom. The van der Waals surface area contributed by atoms with E-state index in [4.69, 9.17) is 4.74 Å². The zero-order chi connectivity index (χ0) is 19.6. The van der Waals surface area contributed by atoms with Gasteiger partial charge in [-0.3, -0.25) is 4.79 Å². The first-order valence-corrected chi connectivity index (χ1v) is 10.9. The summed E-state index contributed by atoms with van der Waals surface area (Å²) in [5.41, 5.74) is 1.21. The minimum Gasteiger partial charge on any atom is -0.452 e. The second-order valence-corrected chi connectivity index (χ2v) is 9.15. The molecule has 2 N–H and O–H groups in total. The minimum absolute atomic E-state index is 0.0438. The van der Waals surface area contributed by atoms with Crippen LogP contribution in [-0.2, 0) is 9.53 Å². The highest BCUT2D eigenvalue weighted by Gasteiger charge is 2.51. The van der Waals surface area contributed by atoms with E-state index in [1.54, 1.807) is 6.07 Å². The summed E-state index contributed by atoms with van der Waals surface area (Å²) in [6.45, 7) is 2.74. The fourth-order valence-corrected chi connectivity index (χ4v) is 6.02. The minimum atomic E-state index is -0.444. The number of ether oxygens (including phenoxy) is 1. The number of unbranched alkanes of at least 4 members (excludes halogenated alkanes) is 1. The van der Waals surface area contributed by atoms with E-state index in [9.17, 15) is 9.59 Å². The third-order valence-electron chi connectivity index (χ3n) is 6.77. The molecule has 4 fully saturated rings. The maximum absolute atomic E-state index is 12.6. The zero-order valence-corrected chi connectivity index (χ0v) is 16.8. The van der Waals surface area contributed by atoms with Gasteiger partial charge in [0.25, 0.3) is 5.91 Å². The second-order valence-electron chi connectivity index (χ2n) is 9.15. The molecule has 0 heterocycles. The SMILES string of the molecule is CCCCNc1ccccc1C(=O)OCC(=O)NC12CC3CC(CC(C3)C1)C2. The van der Waals surface area contributed by atoms with Gasteiger partial charge in [0.2, 0.25) is 0 Å². The monoisotopic (exact) mass is 384 g/mol. The van der Waals surface area contributed by atoms with E-state index in [1.807, 2.05) is 18.2 Å². The lowest BCUT2D eigenvalue weighted by Crippen LogP contribution is -2.60. The topological polar surface area (TPSA) is 67.4 Å². The summed E-state index contributed by atoms with van der Waals surface area (Å²) >= 11 is 0. The van der Waals surface area contributed by atoms with E-state index in [-0.39, 0.29) is 18.1 Å². The van der Waals surface area contributed by atoms with Gasteiger partial charge in [-0.05, 0) is 74.8 Å². The molecule has 0 saturated heterocycles. The maximum Gasteiger partial charge on any atom is 0.340 e. The Bertz CT molecular complexity index is 695. The fraction of sp³-hybridized carbons (Fsp3) is 0.652. The standard InChI is InChI=1S/C23H32N2O3/c1-2-3-8-24-20-7-5-4-6-19(20)22(27)28-15-21(26)25-23-12-16-9-17(13-23)11-18(10-16)14-23/h4-7,16-18,24H,2-3,8-15H2,1H3,(H,25,26). The lowest BCUT2D eigenvalue weighted by atomic mass is 9.53. The molecule has 1 aromatic carbocycles. The van der Waals surface area contributed by atoms with Gasteiger partial charge in [-0.15, -0.1) is 0 Å². The number of carbonyl (C=O) groups is 2. The fourth-order valence-electron chi connectivity index (χ4n) is 6.02. The van der Waals surface area contributed by atoms with Crippen LogP contribution in [0.4, 0.5) is 5.69 Å². The van der Waals surface area contributed by atoms with Crippen LogP contribution in [0, 0.1) is 17.8 Å². The third-order valence-corrected chi connectivity index (χ3v) is 6.77. The number of amides is 1. The molecular formula is C23H32N2O3. The summed E-state index contributed by atoms with van der Waals surface area (Å²) in [7, 11) is 0. The van der Waals surface area contributed by atoms with Crippen molar-refractivity contribution < 1.29 is 14.3 Å². The predicted molar refractivity (Wildman–Crippen MR) is 109 cm³/mol. The van der Waals surface area contributed by atoms with Crippen molar-refractivity contribution in [2.45, 2.75) is 63.8 Å². The molecule has 4 saturated carbocycles. The summed E-state index contributed by atoms with van der Waals surface area (Å²) in [6.07, 6.45) is 9.44. The second kappa shape index (κ2) is 8.14. The Labute approximate surface area is 167 Å². The van der Waals surface area contributed by atoms with E-state index < -0.39 is 5.97 Å². The summed E-state index contributed by atoms with van der Waals surface area (Å²) in [6, 6.07) is 7.33. The number of hydrogen-bond acceptors (Lipinski definition) is 4. The van der Waals surface area contributed by atoms with Crippen LogP contribution in [0.3, 0.4) is 0 Å².